The van der Waals surface area contributed by atoms with Gasteiger partial charge < -0.3 is 10.4 Å². The van der Waals surface area contributed by atoms with E-state index in [0.717, 1.165) is 11.3 Å². The zero-order valence-electron chi connectivity index (χ0n) is 13.2. The van der Waals surface area contributed by atoms with Crippen LogP contribution in [0.25, 0.3) is 5.69 Å². The molecule has 3 N–H and O–H groups in total. The number of aliphatic hydroxyl groups excluding tert-OH is 1. The highest BCUT2D eigenvalue weighted by molar-refractivity contribution is 6.32. The molecule has 0 aliphatic heterocycles. The van der Waals surface area contributed by atoms with Crippen molar-refractivity contribution < 1.29 is 9.90 Å². The molecule has 0 bridgehead atoms. The van der Waals surface area contributed by atoms with Crippen LogP contribution < -0.4 is 10.6 Å². The summed E-state index contributed by atoms with van der Waals surface area (Å²) >= 11 is 6.15. The van der Waals surface area contributed by atoms with Crippen molar-refractivity contribution >= 4 is 23.4 Å². The second-order valence-corrected chi connectivity index (χ2v) is 5.70. The van der Waals surface area contributed by atoms with Gasteiger partial charge in [0.1, 0.15) is 0 Å². The van der Waals surface area contributed by atoms with E-state index in [2.05, 4.69) is 15.7 Å². The second kappa shape index (κ2) is 7.99. The zero-order valence-corrected chi connectivity index (χ0v) is 14.0. The number of aliphatic hydroxyl groups is 1. The molecule has 2 amide bonds. The van der Waals surface area contributed by atoms with E-state index in [1.165, 1.54) is 0 Å². The third kappa shape index (κ3) is 4.71. The minimum Gasteiger partial charge on any atom is -0.393 e. The minimum atomic E-state index is -0.392. The molecule has 0 saturated heterocycles. The van der Waals surface area contributed by atoms with Crippen LogP contribution in [0.1, 0.15) is 25.3 Å². The van der Waals surface area contributed by atoms with Crippen LogP contribution in [0.5, 0.6) is 0 Å². The van der Waals surface area contributed by atoms with Crippen molar-refractivity contribution in [2.75, 3.05) is 11.9 Å². The van der Waals surface area contributed by atoms with E-state index >= 15 is 0 Å². The number of halogens is 1. The predicted molar refractivity (Wildman–Crippen MR) is 91.2 cm³/mol. The first-order valence-corrected chi connectivity index (χ1v) is 7.93. The van der Waals surface area contributed by atoms with Gasteiger partial charge in [-0.25, -0.2) is 9.48 Å². The van der Waals surface area contributed by atoms with E-state index in [1.807, 2.05) is 32.0 Å². The molecule has 0 aliphatic carbocycles. The Hall–Kier alpha value is -2.05. The average molecular weight is 337 g/mol. The maximum atomic E-state index is 11.9. The number of carbonyl (C=O) groups excluding carboxylic acids is 1. The Morgan fingerprint density at radius 1 is 1.43 bits per heavy atom. The van der Waals surface area contributed by atoms with Gasteiger partial charge in [-0.15, -0.1) is 5.10 Å². The van der Waals surface area contributed by atoms with E-state index in [0.29, 0.717) is 30.2 Å². The molecular formula is C16H21ClN4O2. The number of aryl methyl sites for hydroxylation is 1. The Morgan fingerprint density at radius 2 is 2.17 bits per heavy atom. The van der Waals surface area contributed by atoms with Gasteiger partial charge in [0.15, 0.2) is 5.82 Å². The fourth-order valence-electron chi connectivity index (χ4n) is 2.05. The monoisotopic (exact) mass is 336 g/mol. The third-order valence-corrected chi connectivity index (χ3v) is 3.78. The van der Waals surface area contributed by atoms with Gasteiger partial charge in [-0.1, -0.05) is 30.7 Å². The van der Waals surface area contributed by atoms with Gasteiger partial charge in [0.2, 0.25) is 0 Å². The molecule has 2 aromatic rings. The number of aromatic nitrogens is 2. The average Bonchev–Trinajstić information content (AvgIpc) is 2.88. The summed E-state index contributed by atoms with van der Waals surface area (Å²) in [6.07, 6.45) is 2.61. The normalized spacial score (nSPS) is 12.0. The van der Waals surface area contributed by atoms with Gasteiger partial charge in [0.25, 0.3) is 0 Å². The number of rotatable bonds is 6. The lowest BCUT2D eigenvalue weighted by molar-refractivity contribution is 0.160. The van der Waals surface area contributed by atoms with Gasteiger partial charge in [-0.3, -0.25) is 5.32 Å². The molecule has 1 atom stereocenters. The van der Waals surface area contributed by atoms with Gasteiger partial charge in [-0.05, 0) is 31.9 Å². The molecule has 1 aromatic heterocycles. The quantitative estimate of drug-likeness (QED) is 0.758. The maximum Gasteiger partial charge on any atom is 0.320 e. The van der Waals surface area contributed by atoms with E-state index in [1.54, 1.807) is 16.9 Å². The van der Waals surface area contributed by atoms with Gasteiger partial charge in [-0.2, -0.15) is 0 Å². The highest BCUT2D eigenvalue weighted by Gasteiger charge is 2.11. The Morgan fingerprint density at radius 3 is 2.87 bits per heavy atom. The number of hydrogen-bond donors (Lipinski definition) is 3. The lowest BCUT2D eigenvalue weighted by Gasteiger charge is -2.09. The van der Waals surface area contributed by atoms with Crippen LogP contribution in [0.4, 0.5) is 10.6 Å². The fourth-order valence-corrected chi connectivity index (χ4v) is 2.28. The number of hydrogen-bond acceptors (Lipinski definition) is 3. The van der Waals surface area contributed by atoms with Crippen LogP contribution in [-0.4, -0.2) is 33.6 Å². The van der Waals surface area contributed by atoms with Gasteiger partial charge in [0, 0.05) is 18.3 Å². The molecule has 0 spiro atoms. The van der Waals surface area contributed by atoms with Crippen molar-refractivity contribution in [3.05, 3.63) is 41.0 Å². The molecule has 0 saturated carbocycles. The summed E-state index contributed by atoms with van der Waals surface area (Å²) in [6.45, 7) is 4.16. The Labute approximate surface area is 140 Å². The first kappa shape index (κ1) is 17.3. The molecule has 0 fully saturated rings. The number of nitrogens with zero attached hydrogens (tertiary/aromatic N) is 2. The molecule has 2 rings (SSSR count). The van der Waals surface area contributed by atoms with Crippen molar-refractivity contribution in [2.45, 2.75) is 32.8 Å². The van der Waals surface area contributed by atoms with Gasteiger partial charge in [0.05, 0.1) is 16.8 Å². The number of carbonyl (C=O) groups is 1. The number of anilines is 1. The second-order valence-electron chi connectivity index (χ2n) is 5.29. The largest absolute Gasteiger partial charge is 0.393 e. The topological polar surface area (TPSA) is 79.2 Å². The lowest BCUT2D eigenvalue weighted by Crippen LogP contribution is -2.31. The molecule has 124 valence electrons. The van der Waals surface area contributed by atoms with E-state index < -0.39 is 6.10 Å². The van der Waals surface area contributed by atoms with E-state index in [9.17, 15) is 9.90 Å². The summed E-state index contributed by atoms with van der Waals surface area (Å²) in [7, 11) is 0. The number of urea groups is 1. The first-order valence-electron chi connectivity index (χ1n) is 7.55. The molecule has 0 aliphatic rings. The van der Waals surface area contributed by atoms with E-state index in [4.69, 9.17) is 11.6 Å². The molecule has 23 heavy (non-hydrogen) atoms. The Kier molecular flexibility index (Phi) is 6.01. The predicted octanol–water partition coefficient (Wildman–Crippen LogP) is 3.12. The molecule has 0 radical (unpaired) electrons. The molecule has 6 nitrogen and oxygen atoms in total. The molecule has 1 aromatic carbocycles. The lowest BCUT2D eigenvalue weighted by atomic mass is 10.2. The Bertz CT molecular complexity index is 672. The number of para-hydroxylation sites is 1. The number of amides is 2. The SMILES string of the molecule is CCC(O)CCNC(=O)Nc1nn(-c2ccccc2Cl)cc1C. The summed E-state index contributed by atoms with van der Waals surface area (Å²) < 4.78 is 1.63. The summed E-state index contributed by atoms with van der Waals surface area (Å²) in [5, 5.41) is 19.8. The van der Waals surface area contributed by atoms with Crippen LogP contribution in [0.3, 0.4) is 0 Å². The molecule has 7 heteroatoms. The highest BCUT2D eigenvalue weighted by Crippen LogP contribution is 2.22. The van der Waals surface area contributed by atoms with Crippen LogP contribution in [0, 0.1) is 6.92 Å². The number of benzene rings is 1. The first-order chi connectivity index (χ1) is 11.0. The molecule has 1 unspecified atom stereocenters. The standard InChI is InChI=1S/C16H21ClN4O2/c1-3-12(22)8-9-18-16(23)19-15-11(2)10-21(20-15)14-7-5-4-6-13(14)17/h4-7,10,12,22H,3,8-9H2,1-2H3,(H2,18,19,20,23). The van der Waals surface area contributed by atoms with Crippen molar-refractivity contribution in [1.82, 2.24) is 15.1 Å². The molecule has 1 heterocycles. The minimum absolute atomic E-state index is 0.346. The van der Waals surface area contributed by atoms with Crippen LogP contribution >= 0.6 is 11.6 Å². The van der Waals surface area contributed by atoms with Crippen molar-refractivity contribution in [1.29, 1.82) is 0 Å². The van der Waals surface area contributed by atoms with Crippen LogP contribution in [0.15, 0.2) is 30.5 Å². The van der Waals surface area contributed by atoms with Crippen molar-refractivity contribution in [2.24, 2.45) is 0 Å². The van der Waals surface area contributed by atoms with Crippen LogP contribution in [0.2, 0.25) is 5.02 Å². The zero-order chi connectivity index (χ0) is 16.8. The smallest absolute Gasteiger partial charge is 0.320 e. The van der Waals surface area contributed by atoms with Crippen molar-refractivity contribution in [3.8, 4) is 5.69 Å². The summed E-state index contributed by atoms with van der Waals surface area (Å²) in [5.74, 6) is 0.471. The Balaban J connectivity index is 1.99. The highest BCUT2D eigenvalue weighted by atomic mass is 35.5. The van der Waals surface area contributed by atoms with Gasteiger partial charge >= 0.3 is 6.03 Å². The number of nitrogens with one attached hydrogen (secondary N) is 2. The molecular weight excluding hydrogens is 316 g/mol. The van der Waals surface area contributed by atoms with Crippen LogP contribution in [-0.2, 0) is 0 Å². The van der Waals surface area contributed by atoms with Crippen molar-refractivity contribution in [3.63, 3.8) is 0 Å². The third-order valence-electron chi connectivity index (χ3n) is 3.46. The maximum absolute atomic E-state index is 11.9. The summed E-state index contributed by atoms with van der Waals surface area (Å²) in [6, 6.07) is 7.01. The summed E-state index contributed by atoms with van der Waals surface area (Å²) in [4.78, 5) is 11.9. The van der Waals surface area contributed by atoms with E-state index in [-0.39, 0.29) is 6.03 Å². The fraction of sp³-hybridized carbons (Fsp3) is 0.375. The summed E-state index contributed by atoms with van der Waals surface area (Å²) in [5.41, 5.74) is 1.57.